The third-order valence-corrected chi connectivity index (χ3v) is 3.42. The summed E-state index contributed by atoms with van der Waals surface area (Å²) in [5.41, 5.74) is 0.940. The SMILES string of the molecule is Fc1cc2cc(CCl)c(S)cc2s1. The topological polar surface area (TPSA) is 0 Å². The Hall–Kier alpha value is -0.250. The number of thiophene rings is 1. The maximum atomic E-state index is 12.8. The van der Waals surface area contributed by atoms with Crippen LogP contribution >= 0.6 is 35.6 Å². The van der Waals surface area contributed by atoms with Crippen molar-refractivity contribution in [3.63, 3.8) is 0 Å². The zero-order valence-corrected chi connectivity index (χ0v) is 9.02. The van der Waals surface area contributed by atoms with E-state index in [0.29, 0.717) is 5.88 Å². The highest BCUT2D eigenvalue weighted by atomic mass is 35.5. The van der Waals surface area contributed by atoms with Crippen LogP contribution in [0.2, 0.25) is 0 Å². The van der Waals surface area contributed by atoms with E-state index in [9.17, 15) is 4.39 Å². The third-order valence-electron chi connectivity index (χ3n) is 1.83. The third kappa shape index (κ3) is 1.68. The lowest BCUT2D eigenvalue weighted by Crippen LogP contribution is -1.79. The Kier molecular flexibility index (Phi) is 2.49. The fourth-order valence-electron chi connectivity index (χ4n) is 1.20. The van der Waals surface area contributed by atoms with E-state index in [-0.39, 0.29) is 5.13 Å². The summed E-state index contributed by atoms with van der Waals surface area (Å²) < 4.78 is 13.8. The van der Waals surface area contributed by atoms with Crippen LogP contribution < -0.4 is 0 Å². The quantitative estimate of drug-likeness (QED) is 0.556. The van der Waals surface area contributed by atoms with E-state index in [1.165, 1.54) is 6.07 Å². The minimum atomic E-state index is -0.172. The molecule has 0 N–H and O–H groups in total. The van der Waals surface area contributed by atoms with Crippen molar-refractivity contribution in [1.82, 2.24) is 0 Å². The first-order valence-electron chi connectivity index (χ1n) is 3.67. The van der Waals surface area contributed by atoms with Gasteiger partial charge in [-0.25, -0.2) is 0 Å². The van der Waals surface area contributed by atoms with E-state index in [1.807, 2.05) is 12.1 Å². The molecule has 4 heteroatoms. The van der Waals surface area contributed by atoms with Gasteiger partial charge in [0.25, 0.3) is 0 Å². The van der Waals surface area contributed by atoms with Crippen molar-refractivity contribution in [3.05, 3.63) is 28.9 Å². The summed E-state index contributed by atoms with van der Waals surface area (Å²) in [4.78, 5) is 0.823. The molecule has 1 heterocycles. The lowest BCUT2D eigenvalue weighted by molar-refractivity contribution is 0.658. The lowest BCUT2D eigenvalue weighted by Gasteiger charge is -1.99. The van der Waals surface area contributed by atoms with Gasteiger partial charge in [-0.1, -0.05) is 0 Å². The molecule has 1 aromatic carbocycles. The van der Waals surface area contributed by atoms with Crippen LogP contribution in [0, 0.1) is 5.13 Å². The smallest absolute Gasteiger partial charge is 0.177 e. The normalized spacial score (nSPS) is 11.0. The maximum Gasteiger partial charge on any atom is 0.177 e. The molecule has 2 rings (SSSR count). The first-order chi connectivity index (χ1) is 6.20. The molecule has 0 atom stereocenters. The highest BCUT2D eigenvalue weighted by molar-refractivity contribution is 7.80. The van der Waals surface area contributed by atoms with Crippen LogP contribution in [-0.4, -0.2) is 0 Å². The Labute approximate surface area is 89.7 Å². The number of thiol groups is 1. The molecule has 0 nitrogen and oxygen atoms in total. The van der Waals surface area contributed by atoms with E-state index in [0.717, 1.165) is 31.9 Å². The lowest BCUT2D eigenvalue weighted by atomic mass is 10.2. The Morgan fingerprint density at radius 1 is 1.38 bits per heavy atom. The summed E-state index contributed by atoms with van der Waals surface area (Å²) in [6.45, 7) is 0. The predicted molar refractivity (Wildman–Crippen MR) is 58.6 cm³/mol. The van der Waals surface area contributed by atoms with Gasteiger partial charge in [-0.3, -0.25) is 0 Å². The average molecular weight is 233 g/mol. The molecule has 0 amide bonds. The van der Waals surface area contributed by atoms with Gasteiger partial charge in [0.1, 0.15) is 0 Å². The standard InChI is InChI=1S/C9H6ClFS2/c10-4-6-1-5-2-9(11)13-8(5)3-7(6)12/h1-3,12H,4H2. The van der Waals surface area contributed by atoms with Gasteiger partial charge in [0.05, 0.1) is 0 Å². The van der Waals surface area contributed by atoms with E-state index in [4.69, 9.17) is 11.6 Å². The molecule has 0 unspecified atom stereocenters. The molecule has 0 saturated heterocycles. The van der Waals surface area contributed by atoms with Crippen molar-refractivity contribution in [2.45, 2.75) is 10.8 Å². The summed E-state index contributed by atoms with van der Waals surface area (Å²) in [5.74, 6) is 0.409. The van der Waals surface area contributed by atoms with Gasteiger partial charge in [-0.05, 0) is 29.1 Å². The monoisotopic (exact) mass is 232 g/mol. The molecular weight excluding hydrogens is 227 g/mol. The fourth-order valence-corrected chi connectivity index (χ4v) is 2.68. The molecule has 0 bridgehead atoms. The molecule has 68 valence electrons. The van der Waals surface area contributed by atoms with Gasteiger partial charge in [0.15, 0.2) is 5.13 Å². The Balaban J connectivity index is 2.72. The van der Waals surface area contributed by atoms with Crippen molar-refractivity contribution in [3.8, 4) is 0 Å². The first-order valence-corrected chi connectivity index (χ1v) is 5.47. The second kappa shape index (κ2) is 3.48. The van der Waals surface area contributed by atoms with E-state index < -0.39 is 0 Å². The van der Waals surface area contributed by atoms with Crippen molar-refractivity contribution < 1.29 is 4.39 Å². The van der Waals surface area contributed by atoms with Gasteiger partial charge in [0.2, 0.25) is 0 Å². The van der Waals surface area contributed by atoms with Crippen molar-refractivity contribution >= 4 is 45.7 Å². The van der Waals surface area contributed by atoms with E-state index >= 15 is 0 Å². The molecule has 13 heavy (non-hydrogen) atoms. The van der Waals surface area contributed by atoms with E-state index in [2.05, 4.69) is 12.6 Å². The molecule has 0 aliphatic carbocycles. The van der Waals surface area contributed by atoms with Crippen LogP contribution in [0.1, 0.15) is 5.56 Å². The van der Waals surface area contributed by atoms with Crippen LogP contribution in [-0.2, 0) is 5.88 Å². The van der Waals surface area contributed by atoms with Crippen LogP contribution in [0.5, 0.6) is 0 Å². The van der Waals surface area contributed by atoms with Crippen molar-refractivity contribution in [2.75, 3.05) is 0 Å². The van der Waals surface area contributed by atoms with Gasteiger partial charge in [0, 0.05) is 15.5 Å². The second-order valence-corrected chi connectivity index (χ2v) is 4.49. The van der Waals surface area contributed by atoms with Crippen LogP contribution in [0.15, 0.2) is 23.1 Å². The Morgan fingerprint density at radius 3 is 2.85 bits per heavy atom. The molecular formula is C9H6ClFS2. The number of rotatable bonds is 1. The van der Waals surface area contributed by atoms with E-state index in [1.54, 1.807) is 0 Å². The largest absolute Gasteiger partial charge is 0.195 e. The number of hydrogen-bond donors (Lipinski definition) is 1. The highest BCUT2D eigenvalue weighted by Gasteiger charge is 2.05. The van der Waals surface area contributed by atoms with Gasteiger partial charge in [-0.2, -0.15) is 4.39 Å². The minimum absolute atomic E-state index is 0.172. The zero-order valence-electron chi connectivity index (χ0n) is 6.55. The van der Waals surface area contributed by atoms with Gasteiger partial charge in [-0.15, -0.1) is 35.6 Å². The summed E-state index contributed by atoms with van der Waals surface area (Å²) in [7, 11) is 0. The summed E-state index contributed by atoms with van der Waals surface area (Å²) in [6.07, 6.45) is 0. The number of hydrogen-bond acceptors (Lipinski definition) is 2. The number of benzene rings is 1. The first kappa shape index (κ1) is 9.31. The molecule has 0 fully saturated rings. The second-order valence-electron chi connectivity index (χ2n) is 2.70. The highest BCUT2D eigenvalue weighted by Crippen LogP contribution is 2.29. The molecule has 0 saturated carbocycles. The molecule has 1 aromatic heterocycles. The molecule has 0 radical (unpaired) electrons. The summed E-state index contributed by atoms with van der Waals surface area (Å²) >= 11 is 11.1. The van der Waals surface area contributed by atoms with Crippen molar-refractivity contribution in [1.29, 1.82) is 0 Å². The van der Waals surface area contributed by atoms with Crippen LogP contribution in [0.3, 0.4) is 0 Å². The Bertz CT molecular complexity index is 450. The predicted octanol–water partition coefficient (Wildman–Crippen LogP) is 4.07. The maximum absolute atomic E-state index is 12.8. The molecule has 0 aliphatic heterocycles. The van der Waals surface area contributed by atoms with Crippen molar-refractivity contribution in [2.24, 2.45) is 0 Å². The van der Waals surface area contributed by atoms with Gasteiger partial charge >= 0.3 is 0 Å². The summed E-state index contributed by atoms with van der Waals surface area (Å²) in [5, 5.41) is 0.727. The number of alkyl halides is 1. The fraction of sp³-hybridized carbons (Fsp3) is 0.111. The average Bonchev–Trinajstić information content (AvgIpc) is 2.42. The molecule has 0 spiro atoms. The van der Waals surface area contributed by atoms with Crippen LogP contribution in [0.25, 0.3) is 10.1 Å². The minimum Gasteiger partial charge on any atom is -0.195 e. The molecule has 2 aromatic rings. The van der Waals surface area contributed by atoms with Gasteiger partial charge < -0.3 is 0 Å². The Morgan fingerprint density at radius 2 is 2.15 bits per heavy atom. The number of fused-ring (bicyclic) bond motifs is 1. The zero-order chi connectivity index (χ0) is 9.42. The molecule has 0 aliphatic rings. The van der Waals surface area contributed by atoms with Crippen LogP contribution in [0.4, 0.5) is 4.39 Å². The summed E-state index contributed by atoms with van der Waals surface area (Å²) in [6, 6.07) is 5.25. The number of halogens is 2.